The molecule has 1 unspecified atom stereocenters. The van der Waals surface area contributed by atoms with E-state index in [4.69, 9.17) is 15.2 Å². The molecule has 192 valence electrons. The highest BCUT2D eigenvalue weighted by atomic mass is 19.1. The van der Waals surface area contributed by atoms with Crippen LogP contribution in [0.4, 0.5) is 10.2 Å². The molecular formula is C28H36FN5O2. The van der Waals surface area contributed by atoms with Crippen molar-refractivity contribution in [1.29, 1.82) is 0 Å². The Bertz CT molecular complexity index is 1240. The first kappa shape index (κ1) is 23.7. The molecule has 1 aliphatic carbocycles. The fraction of sp³-hybridized carbons (Fsp3) is 0.571. The third-order valence-corrected chi connectivity index (χ3v) is 8.11. The van der Waals surface area contributed by atoms with Crippen molar-refractivity contribution in [3.63, 3.8) is 0 Å². The Balaban J connectivity index is 1.20. The van der Waals surface area contributed by atoms with Gasteiger partial charge in [0.05, 0.1) is 17.1 Å². The van der Waals surface area contributed by atoms with Gasteiger partial charge in [-0.3, -0.25) is 0 Å². The van der Waals surface area contributed by atoms with Crippen molar-refractivity contribution in [3.05, 3.63) is 36.8 Å². The summed E-state index contributed by atoms with van der Waals surface area (Å²) in [5.74, 6) is 1.90. The molecule has 7 nitrogen and oxygen atoms in total. The van der Waals surface area contributed by atoms with Gasteiger partial charge in [0.15, 0.2) is 0 Å². The minimum absolute atomic E-state index is 0.0695. The maximum Gasteiger partial charge on any atom is 0.146 e. The van der Waals surface area contributed by atoms with E-state index in [0.717, 1.165) is 66.7 Å². The number of fused-ring (bicyclic) bond motifs is 1. The average Bonchev–Trinajstić information content (AvgIpc) is 3.52. The first-order valence-corrected chi connectivity index (χ1v) is 13.2. The van der Waals surface area contributed by atoms with Crippen molar-refractivity contribution in [3.8, 4) is 16.9 Å². The summed E-state index contributed by atoms with van der Waals surface area (Å²) in [7, 11) is 0. The Hall–Kier alpha value is -2.71. The number of nitrogens with two attached hydrogens (primary N) is 1. The standard InChI is InChI=1S/C28H36FN5O2/c1-28(2)8-6-23(36-28)16-35-22-5-3-4-19(12-22)24-15-34(27-25(24)26(30)31-17-32-27)21-10-18(11-21)13-33-9-7-20(29)14-33/h3-5,12,15,17-18,20-21,23H,6-11,13-14,16H2,1-2H3,(H2,30,31,32)/t18-,20-,21-,23?/m0/s1. The number of rotatable bonds is 7. The van der Waals surface area contributed by atoms with Gasteiger partial charge < -0.3 is 24.7 Å². The quantitative estimate of drug-likeness (QED) is 0.498. The molecule has 2 saturated heterocycles. The van der Waals surface area contributed by atoms with Crippen LogP contribution in [0.1, 0.15) is 52.0 Å². The van der Waals surface area contributed by atoms with Crippen LogP contribution in [0, 0.1) is 5.92 Å². The Morgan fingerprint density at radius 1 is 1.22 bits per heavy atom. The lowest BCUT2D eigenvalue weighted by molar-refractivity contribution is -0.0326. The second-order valence-electron chi connectivity index (χ2n) is 11.4. The van der Waals surface area contributed by atoms with Gasteiger partial charge in [0.25, 0.3) is 0 Å². The molecule has 0 spiro atoms. The molecule has 2 N–H and O–H groups in total. The number of nitrogen functional groups attached to an aromatic ring is 1. The van der Waals surface area contributed by atoms with E-state index in [9.17, 15) is 4.39 Å². The maximum absolute atomic E-state index is 13.6. The summed E-state index contributed by atoms with van der Waals surface area (Å²) in [4.78, 5) is 11.2. The topological polar surface area (TPSA) is 78.4 Å². The van der Waals surface area contributed by atoms with Crippen LogP contribution in [-0.4, -0.2) is 63.6 Å². The fourth-order valence-electron chi connectivity index (χ4n) is 6.14. The zero-order valence-electron chi connectivity index (χ0n) is 21.2. The molecule has 3 aromatic rings. The predicted octanol–water partition coefficient (Wildman–Crippen LogP) is 5.01. The van der Waals surface area contributed by atoms with Crippen molar-refractivity contribution in [1.82, 2.24) is 19.4 Å². The molecule has 1 saturated carbocycles. The van der Waals surface area contributed by atoms with Crippen molar-refractivity contribution in [2.45, 2.75) is 69.9 Å². The molecule has 36 heavy (non-hydrogen) atoms. The largest absolute Gasteiger partial charge is 0.491 e. The molecule has 4 heterocycles. The van der Waals surface area contributed by atoms with E-state index in [1.807, 2.05) is 12.1 Å². The Morgan fingerprint density at radius 3 is 2.83 bits per heavy atom. The molecule has 2 aliphatic heterocycles. The monoisotopic (exact) mass is 493 g/mol. The lowest BCUT2D eigenvalue weighted by atomic mass is 9.79. The molecule has 0 amide bonds. The molecule has 2 atom stereocenters. The molecule has 3 aliphatic rings. The predicted molar refractivity (Wildman–Crippen MR) is 139 cm³/mol. The van der Waals surface area contributed by atoms with Crippen LogP contribution in [-0.2, 0) is 4.74 Å². The molecule has 2 aromatic heterocycles. The molecule has 1 aromatic carbocycles. The summed E-state index contributed by atoms with van der Waals surface area (Å²) >= 11 is 0. The SMILES string of the molecule is CC1(C)CCC(COc2cccc(-c3cn([C@H]4C[C@H](CN5CC[C@H](F)C5)C4)c4ncnc(N)c34)c2)O1. The molecule has 8 heteroatoms. The maximum atomic E-state index is 13.6. The van der Waals surface area contributed by atoms with E-state index in [2.05, 4.69) is 51.6 Å². The van der Waals surface area contributed by atoms with E-state index in [0.29, 0.717) is 37.4 Å². The third kappa shape index (κ3) is 4.68. The second kappa shape index (κ2) is 9.30. The van der Waals surface area contributed by atoms with Crippen molar-refractivity contribution < 1.29 is 13.9 Å². The lowest BCUT2D eigenvalue weighted by Crippen LogP contribution is -2.36. The summed E-state index contributed by atoms with van der Waals surface area (Å²) in [5, 5.41) is 0.888. The number of aromatic nitrogens is 3. The van der Waals surface area contributed by atoms with Crippen LogP contribution in [0.15, 0.2) is 36.8 Å². The Labute approximate surface area is 211 Å². The minimum Gasteiger partial charge on any atom is -0.491 e. The van der Waals surface area contributed by atoms with Gasteiger partial charge in [-0.05, 0) is 69.6 Å². The number of halogens is 1. The number of nitrogens with zero attached hydrogens (tertiary/aromatic N) is 4. The van der Waals surface area contributed by atoms with Crippen LogP contribution < -0.4 is 10.5 Å². The number of anilines is 1. The molecule has 0 bridgehead atoms. The van der Waals surface area contributed by atoms with E-state index >= 15 is 0 Å². The zero-order valence-corrected chi connectivity index (χ0v) is 21.2. The minimum atomic E-state index is -0.659. The van der Waals surface area contributed by atoms with E-state index in [-0.39, 0.29) is 11.7 Å². The van der Waals surface area contributed by atoms with Crippen LogP contribution in [0.25, 0.3) is 22.2 Å². The van der Waals surface area contributed by atoms with Crippen molar-refractivity contribution in [2.75, 3.05) is 32.0 Å². The zero-order chi connectivity index (χ0) is 24.9. The average molecular weight is 494 g/mol. The van der Waals surface area contributed by atoms with E-state index in [1.54, 1.807) is 6.33 Å². The molecular weight excluding hydrogens is 457 g/mol. The first-order valence-electron chi connectivity index (χ1n) is 13.2. The third-order valence-electron chi connectivity index (χ3n) is 8.11. The highest BCUT2D eigenvalue weighted by molar-refractivity contribution is 6.00. The fourth-order valence-corrected chi connectivity index (χ4v) is 6.14. The van der Waals surface area contributed by atoms with Crippen LogP contribution >= 0.6 is 0 Å². The molecule has 3 fully saturated rings. The molecule has 6 rings (SSSR count). The van der Waals surface area contributed by atoms with Crippen molar-refractivity contribution in [2.24, 2.45) is 5.92 Å². The van der Waals surface area contributed by atoms with Gasteiger partial charge in [0, 0.05) is 37.4 Å². The number of alkyl halides is 1. The molecule has 0 radical (unpaired) electrons. The lowest BCUT2D eigenvalue weighted by Gasteiger charge is -2.38. The van der Waals surface area contributed by atoms with Gasteiger partial charge in [0.2, 0.25) is 0 Å². The van der Waals surface area contributed by atoms with Crippen LogP contribution in [0.3, 0.4) is 0 Å². The number of ether oxygens (including phenoxy) is 2. The van der Waals surface area contributed by atoms with Gasteiger partial charge in [0.1, 0.15) is 36.3 Å². The highest BCUT2D eigenvalue weighted by Gasteiger charge is 2.35. The van der Waals surface area contributed by atoms with Gasteiger partial charge in [-0.1, -0.05) is 12.1 Å². The van der Waals surface area contributed by atoms with Gasteiger partial charge in [-0.25, -0.2) is 14.4 Å². The van der Waals surface area contributed by atoms with Gasteiger partial charge >= 0.3 is 0 Å². The summed E-state index contributed by atoms with van der Waals surface area (Å²) < 4.78 is 28.0. The Morgan fingerprint density at radius 2 is 2.08 bits per heavy atom. The van der Waals surface area contributed by atoms with E-state index in [1.165, 1.54) is 0 Å². The second-order valence-corrected chi connectivity index (χ2v) is 11.4. The van der Waals surface area contributed by atoms with Gasteiger partial charge in [-0.15, -0.1) is 0 Å². The van der Waals surface area contributed by atoms with Crippen LogP contribution in [0.5, 0.6) is 5.75 Å². The first-order chi connectivity index (χ1) is 17.3. The van der Waals surface area contributed by atoms with E-state index < -0.39 is 6.17 Å². The Kier molecular flexibility index (Phi) is 6.12. The summed E-state index contributed by atoms with van der Waals surface area (Å²) in [5.41, 5.74) is 9.23. The number of hydrogen-bond acceptors (Lipinski definition) is 6. The normalized spacial score (nSPS) is 28.0. The number of likely N-dealkylation sites (tertiary alicyclic amines) is 1. The summed E-state index contributed by atoms with van der Waals surface area (Å²) in [6.07, 6.45) is 8.06. The van der Waals surface area contributed by atoms with Gasteiger partial charge in [-0.2, -0.15) is 0 Å². The smallest absolute Gasteiger partial charge is 0.146 e. The summed E-state index contributed by atoms with van der Waals surface area (Å²) in [6.45, 7) is 7.26. The highest BCUT2D eigenvalue weighted by Crippen LogP contribution is 2.43. The summed E-state index contributed by atoms with van der Waals surface area (Å²) in [6, 6.07) is 8.51. The number of hydrogen-bond donors (Lipinski definition) is 1. The number of benzene rings is 1. The van der Waals surface area contributed by atoms with Crippen molar-refractivity contribution >= 4 is 16.9 Å². The van der Waals surface area contributed by atoms with Crippen LogP contribution in [0.2, 0.25) is 0 Å².